The van der Waals surface area contributed by atoms with Crippen LogP contribution in [0.4, 0.5) is 22.2 Å². The third kappa shape index (κ3) is 4.27. The Hall–Kier alpha value is -2.86. The van der Waals surface area contributed by atoms with Gasteiger partial charge in [0.05, 0.1) is 18.6 Å². The van der Waals surface area contributed by atoms with E-state index in [2.05, 4.69) is 88.7 Å². The first-order chi connectivity index (χ1) is 14.2. The van der Waals surface area contributed by atoms with Crippen molar-refractivity contribution in [2.45, 2.75) is 20.8 Å². The molecular formula is C23H27N5S. The Morgan fingerprint density at radius 3 is 2.55 bits per heavy atom. The smallest absolute Gasteiger partial charge is 0.187 e. The molecule has 0 fully saturated rings. The van der Waals surface area contributed by atoms with Crippen molar-refractivity contribution in [1.29, 1.82) is 0 Å². The molecule has 6 heteroatoms. The number of aryl methyl sites for hydroxylation is 1. The molecule has 5 nitrogen and oxygen atoms in total. The van der Waals surface area contributed by atoms with Crippen LogP contribution in [0.25, 0.3) is 11.3 Å². The average Bonchev–Trinajstić information content (AvgIpc) is 3.43. The van der Waals surface area contributed by atoms with Crippen LogP contribution in [-0.2, 0) is 0 Å². The van der Waals surface area contributed by atoms with Gasteiger partial charge in [-0.05, 0) is 56.7 Å². The van der Waals surface area contributed by atoms with Gasteiger partial charge in [-0.2, -0.15) is 0 Å². The fourth-order valence-electron chi connectivity index (χ4n) is 3.55. The van der Waals surface area contributed by atoms with Crippen molar-refractivity contribution in [3.63, 3.8) is 0 Å². The SMILES string of the molecule is CCN(CC)c1ccc(Nc2nc(-c3ccc(N4C=NCC4)cc3)cs2)c(C)c1. The molecule has 4 rings (SSSR count). The normalized spacial score (nSPS) is 13.1. The maximum atomic E-state index is 4.79. The maximum Gasteiger partial charge on any atom is 0.187 e. The zero-order chi connectivity index (χ0) is 20.2. The first-order valence-corrected chi connectivity index (χ1v) is 11.0. The van der Waals surface area contributed by atoms with Crippen molar-refractivity contribution in [3.8, 4) is 11.3 Å². The standard InChI is InChI=1S/C23H27N5S/c1-4-27(5-2)20-10-11-21(17(3)14-20)25-23-26-22(15-29-23)18-6-8-19(9-7-18)28-13-12-24-16-28/h6-11,14-16H,4-5,12-13H2,1-3H3,(H,25,26). The monoisotopic (exact) mass is 405 g/mol. The van der Waals surface area contributed by atoms with E-state index < -0.39 is 0 Å². The van der Waals surface area contributed by atoms with E-state index in [-0.39, 0.29) is 0 Å². The molecule has 29 heavy (non-hydrogen) atoms. The topological polar surface area (TPSA) is 43.8 Å². The van der Waals surface area contributed by atoms with E-state index in [4.69, 9.17) is 4.98 Å². The van der Waals surface area contributed by atoms with E-state index in [0.717, 1.165) is 48.3 Å². The summed E-state index contributed by atoms with van der Waals surface area (Å²) in [5, 5.41) is 6.50. The van der Waals surface area contributed by atoms with Crippen LogP contribution in [0.2, 0.25) is 0 Å². The first kappa shape index (κ1) is 19.5. The molecule has 1 N–H and O–H groups in total. The largest absolute Gasteiger partial charge is 0.372 e. The van der Waals surface area contributed by atoms with E-state index in [1.807, 2.05) is 6.34 Å². The molecule has 3 aromatic rings. The zero-order valence-electron chi connectivity index (χ0n) is 17.2. The quantitative estimate of drug-likeness (QED) is 0.559. The van der Waals surface area contributed by atoms with Gasteiger partial charge in [0.25, 0.3) is 0 Å². The predicted molar refractivity (Wildman–Crippen MR) is 126 cm³/mol. The van der Waals surface area contributed by atoms with E-state index in [9.17, 15) is 0 Å². The fourth-order valence-corrected chi connectivity index (χ4v) is 4.28. The van der Waals surface area contributed by atoms with Gasteiger partial charge in [-0.3, -0.25) is 4.99 Å². The number of aliphatic imine (C=N–C) groups is 1. The Morgan fingerprint density at radius 2 is 1.90 bits per heavy atom. The number of benzene rings is 2. The van der Waals surface area contributed by atoms with Crippen molar-refractivity contribution in [1.82, 2.24) is 4.98 Å². The summed E-state index contributed by atoms with van der Waals surface area (Å²) in [7, 11) is 0. The fraction of sp³-hybridized carbons (Fsp3) is 0.304. The number of thiazole rings is 1. The van der Waals surface area contributed by atoms with Gasteiger partial charge < -0.3 is 15.1 Å². The third-order valence-electron chi connectivity index (χ3n) is 5.27. The number of anilines is 4. The van der Waals surface area contributed by atoms with Crippen molar-refractivity contribution < 1.29 is 0 Å². The van der Waals surface area contributed by atoms with Gasteiger partial charge in [-0.1, -0.05) is 12.1 Å². The second-order valence-corrected chi connectivity index (χ2v) is 7.95. The molecule has 1 aromatic heterocycles. The van der Waals surface area contributed by atoms with Gasteiger partial charge in [-0.15, -0.1) is 11.3 Å². The van der Waals surface area contributed by atoms with Crippen molar-refractivity contribution in [2.75, 3.05) is 41.3 Å². The lowest BCUT2D eigenvalue weighted by atomic mass is 10.1. The molecule has 0 atom stereocenters. The highest BCUT2D eigenvalue weighted by Crippen LogP contribution is 2.30. The summed E-state index contributed by atoms with van der Waals surface area (Å²) < 4.78 is 0. The molecule has 2 aromatic carbocycles. The molecule has 0 spiro atoms. The molecule has 150 valence electrons. The highest BCUT2D eigenvalue weighted by molar-refractivity contribution is 7.14. The Balaban J connectivity index is 1.47. The second kappa shape index (κ2) is 8.66. The summed E-state index contributed by atoms with van der Waals surface area (Å²) in [5.41, 5.74) is 6.89. The highest BCUT2D eigenvalue weighted by atomic mass is 32.1. The lowest BCUT2D eigenvalue weighted by Crippen LogP contribution is -2.21. The average molecular weight is 406 g/mol. The van der Waals surface area contributed by atoms with Crippen LogP contribution in [0.1, 0.15) is 19.4 Å². The van der Waals surface area contributed by atoms with Crippen LogP contribution in [0.5, 0.6) is 0 Å². The number of aromatic nitrogens is 1. The molecule has 0 saturated heterocycles. The van der Waals surface area contributed by atoms with E-state index in [1.165, 1.54) is 16.9 Å². The van der Waals surface area contributed by atoms with Gasteiger partial charge in [0.1, 0.15) is 0 Å². The molecule has 1 aliphatic rings. The van der Waals surface area contributed by atoms with Gasteiger partial charge in [0, 0.05) is 47.6 Å². The van der Waals surface area contributed by atoms with Crippen LogP contribution < -0.4 is 15.1 Å². The van der Waals surface area contributed by atoms with Crippen molar-refractivity contribution >= 4 is 39.9 Å². The minimum Gasteiger partial charge on any atom is -0.372 e. The maximum absolute atomic E-state index is 4.79. The molecule has 2 heterocycles. The molecule has 1 aliphatic heterocycles. The molecule has 0 saturated carbocycles. The van der Waals surface area contributed by atoms with Crippen LogP contribution in [0.15, 0.2) is 52.8 Å². The lowest BCUT2D eigenvalue weighted by Gasteiger charge is -2.22. The molecule has 0 bridgehead atoms. The minimum absolute atomic E-state index is 0.873. The Kier molecular flexibility index (Phi) is 5.81. The van der Waals surface area contributed by atoms with Crippen LogP contribution >= 0.6 is 11.3 Å². The van der Waals surface area contributed by atoms with Gasteiger partial charge >= 0.3 is 0 Å². The van der Waals surface area contributed by atoms with E-state index in [1.54, 1.807) is 11.3 Å². The van der Waals surface area contributed by atoms with Crippen LogP contribution in [-0.4, -0.2) is 37.5 Å². The van der Waals surface area contributed by atoms with Crippen molar-refractivity contribution in [2.24, 2.45) is 4.99 Å². The summed E-state index contributed by atoms with van der Waals surface area (Å²) in [5.74, 6) is 0. The summed E-state index contributed by atoms with van der Waals surface area (Å²) in [6, 6.07) is 15.1. The second-order valence-electron chi connectivity index (χ2n) is 7.10. The summed E-state index contributed by atoms with van der Waals surface area (Å²) in [4.78, 5) is 13.6. The Morgan fingerprint density at radius 1 is 1.10 bits per heavy atom. The number of nitrogens with zero attached hydrogens (tertiary/aromatic N) is 4. The van der Waals surface area contributed by atoms with E-state index >= 15 is 0 Å². The molecule has 0 aliphatic carbocycles. The number of hydrogen-bond donors (Lipinski definition) is 1. The van der Waals surface area contributed by atoms with Gasteiger partial charge in [0.15, 0.2) is 5.13 Å². The van der Waals surface area contributed by atoms with Crippen LogP contribution in [0.3, 0.4) is 0 Å². The highest BCUT2D eigenvalue weighted by Gasteiger charge is 2.11. The molecular weight excluding hydrogens is 378 g/mol. The van der Waals surface area contributed by atoms with E-state index in [0.29, 0.717) is 0 Å². The number of nitrogens with one attached hydrogen (secondary N) is 1. The number of hydrogen-bond acceptors (Lipinski definition) is 6. The Labute approximate surface area is 176 Å². The van der Waals surface area contributed by atoms with Crippen LogP contribution in [0, 0.1) is 6.92 Å². The third-order valence-corrected chi connectivity index (χ3v) is 6.03. The Bertz CT molecular complexity index is 989. The molecule has 0 unspecified atom stereocenters. The molecule has 0 radical (unpaired) electrons. The summed E-state index contributed by atoms with van der Waals surface area (Å²) in [6.45, 7) is 10.4. The predicted octanol–water partition coefficient (Wildman–Crippen LogP) is 5.56. The number of rotatable bonds is 7. The minimum atomic E-state index is 0.873. The molecule has 0 amide bonds. The van der Waals surface area contributed by atoms with Crippen molar-refractivity contribution in [3.05, 3.63) is 53.4 Å². The van der Waals surface area contributed by atoms with Gasteiger partial charge in [0.2, 0.25) is 0 Å². The summed E-state index contributed by atoms with van der Waals surface area (Å²) >= 11 is 1.63. The lowest BCUT2D eigenvalue weighted by molar-refractivity contribution is 0.866. The first-order valence-electron chi connectivity index (χ1n) is 10.1. The zero-order valence-corrected chi connectivity index (χ0v) is 18.0. The van der Waals surface area contributed by atoms with Gasteiger partial charge in [-0.25, -0.2) is 4.98 Å². The summed E-state index contributed by atoms with van der Waals surface area (Å²) in [6.07, 6.45) is 1.91.